The van der Waals surface area contributed by atoms with E-state index in [0.29, 0.717) is 6.04 Å². The summed E-state index contributed by atoms with van der Waals surface area (Å²) in [5.41, 5.74) is 2.01. The molecule has 3 nitrogen and oxygen atoms in total. The van der Waals surface area contributed by atoms with Crippen LogP contribution < -0.4 is 4.90 Å². The predicted octanol–water partition coefficient (Wildman–Crippen LogP) is 2.85. The topological polar surface area (TPSA) is 30.3 Å². The minimum atomic E-state index is 0.554. The summed E-state index contributed by atoms with van der Waals surface area (Å²) in [6, 6.07) is 15.1. The van der Waals surface area contributed by atoms with Crippen LogP contribution >= 0.6 is 0 Å². The Labute approximate surface area is 120 Å². The Balaban J connectivity index is 2.07. The predicted molar refractivity (Wildman–Crippen MR) is 83.0 cm³/mol. The Hall–Kier alpha value is -2.05. The van der Waals surface area contributed by atoms with Crippen molar-refractivity contribution in [3.05, 3.63) is 42.0 Å². The molecule has 1 aliphatic rings. The molecule has 1 heterocycles. The van der Waals surface area contributed by atoms with E-state index in [9.17, 15) is 5.26 Å². The van der Waals surface area contributed by atoms with Gasteiger partial charge in [0.05, 0.1) is 11.6 Å². The fourth-order valence-electron chi connectivity index (χ4n) is 2.92. The van der Waals surface area contributed by atoms with Gasteiger partial charge in [-0.2, -0.15) is 5.26 Å². The lowest BCUT2D eigenvalue weighted by molar-refractivity contribution is 0.234. The van der Waals surface area contributed by atoms with E-state index < -0.39 is 0 Å². The zero-order chi connectivity index (χ0) is 14.1. The normalized spacial score (nSPS) is 20.1. The fraction of sp³-hybridized carbons (Fsp3) is 0.353. The molecule has 0 amide bonds. The molecule has 1 saturated heterocycles. The Morgan fingerprint density at radius 3 is 2.55 bits per heavy atom. The Kier molecular flexibility index (Phi) is 3.33. The number of nitrogens with zero attached hydrogens (tertiary/aromatic N) is 3. The zero-order valence-corrected chi connectivity index (χ0v) is 12.0. The van der Waals surface area contributed by atoms with Gasteiger partial charge in [0.1, 0.15) is 0 Å². The fourth-order valence-corrected chi connectivity index (χ4v) is 2.92. The standard InChI is InChI=1S/C17H19N3/c1-13-12-20(10-9-19(13)2)17-8-7-14(11-18)15-5-3-4-6-16(15)17/h3-8,13H,9-10,12H2,1-2H3. The SMILES string of the molecule is CC1CN(c2ccc(C#N)c3ccccc23)CCN1C. The van der Waals surface area contributed by atoms with Crippen molar-refractivity contribution in [3.8, 4) is 6.07 Å². The van der Waals surface area contributed by atoms with E-state index in [1.54, 1.807) is 0 Å². The van der Waals surface area contributed by atoms with Gasteiger partial charge in [-0.15, -0.1) is 0 Å². The van der Waals surface area contributed by atoms with Crippen LogP contribution in [0.2, 0.25) is 0 Å². The van der Waals surface area contributed by atoms with E-state index in [0.717, 1.165) is 30.6 Å². The van der Waals surface area contributed by atoms with Crippen molar-refractivity contribution < 1.29 is 0 Å². The van der Waals surface area contributed by atoms with Gasteiger partial charge in [-0.05, 0) is 26.1 Å². The van der Waals surface area contributed by atoms with Gasteiger partial charge in [-0.3, -0.25) is 0 Å². The number of benzene rings is 2. The highest BCUT2D eigenvalue weighted by molar-refractivity contribution is 5.97. The van der Waals surface area contributed by atoms with Gasteiger partial charge in [-0.25, -0.2) is 0 Å². The quantitative estimate of drug-likeness (QED) is 0.794. The molecule has 0 aromatic heterocycles. The van der Waals surface area contributed by atoms with Gasteiger partial charge in [0.2, 0.25) is 0 Å². The Morgan fingerprint density at radius 1 is 1.10 bits per heavy atom. The van der Waals surface area contributed by atoms with Crippen LogP contribution in [0, 0.1) is 11.3 Å². The summed E-state index contributed by atoms with van der Waals surface area (Å²) in [6.45, 7) is 5.41. The summed E-state index contributed by atoms with van der Waals surface area (Å²) in [5.74, 6) is 0. The van der Waals surface area contributed by atoms with E-state index >= 15 is 0 Å². The van der Waals surface area contributed by atoms with Crippen molar-refractivity contribution in [2.75, 3.05) is 31.6 Å². The largest absolute Gasteiger partial charge is 0.368 e. The number of rotatable bonds is 1. The monoisotopic (exact) mass is 265 g/mol. The molecule has 0 radical (unpaired) electrons. The summed E-state index contributed by atoms with van der Waals surface area (Å²) in [5, 5.41) is 11.5. The number of nitriles is 1. The third-order valence-corrected chi connectivity index (χ3v) is 4.32. The van der Waals surface area contributed by atoms with Crippen molar-refractivity contribution >= 4 is 16.5 Å². The maximum absolute atomic E-state index is 9.24. The maximum Gasteiger partial charge on any atom is 0.0998 e. The molecule has 0 bridgehead atoms. The zero-order valence-electron chi connectivity index (χ0n) is 12.0. The molecule has 1 aliphatic heterocycles. The first-order valence-electron chi connectivity index (χ1n) is 7.07. The molecule has 0 spiro atoms. The first-order valence-corrected chi connectivity index (χ1v) is 7.07. The summed E-state index contributed by atoms with van der Waals surface area (Å²) in [4.78, 5) is 4.83. The molecule has 0 aliphatic carbocycles. The Bertz CT molecular complexity index is 671. The smallest absolute Gasteiger partial charge is 0.0998 e. The number of likely N-dealkylation sites (N-methyl/N-ethyl adjacent to an activating group) is 1. The molecule has 0 saturated carbocycles. The van der Waals surface area contributed by atoms with Crippen LogP contribution in [-0.4, -0.2) is 37.6 Å². The molecule has 0 N–H and O–H groups in total. The molecule has 2 aromatic rings. The van der Waals surface area contributed by atoms with Crippen LogP contribution in [0.15, 0.2) is 36.4 Å². The highest BCUT2D eigenvalue weighted by Gasteiger charge is 2.22. The number of hydrogen-bond acceptors (Lipinski definition) is 3. The number of fused-ring (bicyclic) bond motifs is 1. The van der Waals surface area contributed by atoms with Gasteiger partial charge in [0.15, 0.2) is 0 Å². The summed E-state index contributed by atoms with van der Waals surface area (Å²) >= 11 is 0. The van der Waals surface area contributed by atoms with Gasteiger partial charge in [0.25, 0.3) is 0 Å². The molecule has 3 rings (SSSR count). The Morgan fingerprint density at radius 2 is 1.85 bits per heavy atom. The number of anilines is 1. The summed E-state index contributed by atoms with van der Waals surface area (Å²) in [7, 11) is 2.18. The lowest BCUT2D eigenvalue weighted by Gasteiger charge is -2.39. The van der Waals surface area contributed by atoms with Gasteiger partial charge in [-0.1, -0.05) is 24.3 Å². The van der Waals surface area contributed by atoms with Crippen molar-refractivity contribution in [2.45, 2.75) is 13.0 Å². The van der Waals surface area contributed by atoms with Crippen molar-refractivity contribution in [1.29, 1.82) is 5.26 Å². The van der Waals surface area contributed by atoms with Crippen LogP contribution in [0.3, 0.4) is 0 Å². The molecule has 2 aromatic carbocycles. The molecular formula is C17H19N3. The maximum atomic E-state index is 9.24. The minimum Gasteiger partial charge on any atom is -0.368 e. The molecule has 20 heavy (non-hydrogen) atoms. The summed E-state index contributed by atoms with van der Waals surface area (Å²) in [6.07, 6.45) is 0. The molecule has 3 heteroatoms. The van der Waals surface area contributed by atoms with Crippen molar-refractivity contribution in [2.24, 2.45) is 0 Å². The van der Waals surface area contributed by atoms with Gasteiger partial charge < -0.3 is 9.80 Å². The van der Waals surface area contributed by atoms with Gasteiger partial charge in [0, 0.05) is 42.1 Å². The highest BCUT2D eigenvalue weighted by Crippen LogP contribution is 2.30. The van der Waals surface area contributed by atoms with E-state index in [1.807, 2.05) is 24.3 Å². The molecule has 1 atom stereocenters. The second kappa shape index (κ2) is 5.15. The molecular weight excluding hydrogens is 246 g/mol. The van der Waals surface area contributed by atoms with Crippen molar-refractivity contribution in [3.63, 3.8) is 0 Å². The van der Waals surface area contributed by atoms with Crippen LogP contribution in [0.1, 0.15) is 12.5 Å². The third-order valence-electron chi connectivity index (χ3n) is 4.32. The third kappa shape index (κ3) is 2.13. The van der Waals surface area contributed by atoms with E-state index in [4.69, 9.17) is 0 Å². The van der Waals surface area contributed by atoms with Crippen LogP contribution in [0.25, 0.3) is 10.8 Å². The van der Waals surface area contributed by atoms with E-state index in [-0.39, 0.29) is 0 Å². The highest BCUT2D eigenvalue weighted by atomic mass is 15.3. The lowest BCUT2D eigenvalue weighted by atomic mass is 10.0. The van der Waals surface area contributed by atoms with E-state index in [1.165, 1.54) is 11.1 Å². The average Bonchev–Trinajstić information content (AvgIpc) is 2.49. The molecule has 1 unspecified atom stereocenters. The number of hydrogen-bond donors (Lipinski definition) is 0. The van der Waals surface area contributed by atoms with Crippen LogP contribution in [0.4, 0.5) is 5.69 Å². The second-order valence-electron chi connectivity index (χ2n) is 5.57. The summed E-state index contributed by atoms with van der Waals surface area (Å²) < 4.78 is 0. The average molecular weight is 265 g/mol. The first-order chi connectivity index (χ1) is 9.70. The first kappa shape index (κ1) is 13.0. The molecule has 102 valence electrons. The van der Waals surface area contributed by atoms with Crippen LogP contribution in [0.5, 0.6) is 0 Å². The molecule has 1 fully saturated rings. The van der Waals surface area contributed by atoms with E-state index in [2.05, 4.69) is 42.0 Å². The van der Waals surface area contributed by atoms with Gasteiger partial charge >= 0.3 is 0 Å². The number of piperazine rings is 1. The second-order valence-corrected chi connectivity index (χ2v) is 5.57. The van der Waals surface area contributed by atoms with Crippen molar-refractivity contribution in [1.82, 2.24) is 4.90 Å². The van der Waals surface area contributed by atoms with Crippen LogP contribution in [-0.2, 0) is 0 Å². The lowest BCUT2D eigenvalue weighted by Crippen LogP contribution is -2.50. The minimum absolute atomic E-state index is 0.554.